The number of carbonyl (C=O) groups excluding carboxylic acids is 1. The van der Waals surface area contributed by atoms with E-state index in [2.05, 4.69) is 5.32 Å². The number of amides is 1. The minimum atomic E-state index is -1.16. The molecule has 150 valence electrons. The highest BCUT2D eigenvalue weighted by Gasteiger charge is 2.25. The van der Waals surface area contributed by atoms with Gasteiger partial charge in [0.05, 0.1) is 22.7 Å². The number of carboxylic acid groups (broad SMARTS) is 1. The minimum absolute atomic E-state index is 0.0148. The van der Waals surface area contributed by atoms with Crippen molar-refractivity contribution in [1.82, 2.24) is 0 Å². The number of aromatic carboxylic acids is 1. The zero-order chi connectivity index (χ0) is 21.3. The Hall–Kier alpha value is -2.25. The number of nitrogens with one attached hydrogen (secondary N) is 1. The largest absolute Gasteiger partial charge is 0.495 e. The Bertz CT molecular complexity index is 1110. The molecule has 3 rings (SSSR count). The first kappa shape index (κ1) is 21.5. The molecule has 2 N–H and O–H groups in total. The van der Waals surface area contributed by atoms with Crippen molar-refractivity contribution in [2.45, 2.75) is 6.92 Å². The third-order valence-corrected chi connectivity index (χ3v) is 6.21. The first-order valence-corrected chi connectivity index (χ1v) is 10.2. The zero-order valence-electron chi connectivity index (χ0n) is 15.2. The summed E-state index contributed by atoms with van der Waals surface area (Å²) in [6.07, 6.45) is 0. The summed E-state index contributed by atoms with van der Waals surface area (Å²) < 4.78 is 5.06. The summed E-state index contributed by atoms with van der Waals surface area (Å²) in [6, 6.07) is 8.79. The molecule has 5 nitrogen and oxygen atoms in total. The van der Waals surface area contributed by atoms with Gasteiger partial charge in [-0.2, -0.15) is 0 Å². The summed E-state index contributed by atoms with van der Waals surface area (Å²) in [4.78, 5) is 24.7. The number of rotatable bonds is 5. The number of carbonyl (C=O) groups is 2. The molecule has 0 atom stereocenters. The van der Waals surface area contributed by atoms with Gasteiger partial charge in [0.15, 0.2) is 0 Å². The number of methoxy groups -OCH3 is 1. The van der Waals surface area contributed by atoms with E-state index >= 15 is 0 Å². The van der Waals surface area contributed by atoms with Gasteiger partial charge in [-0.05, 0) is 12.5 Å². The summed E-state index contributed by atoms with van der Waals surface area (Å²) in [5, 5.41) is 14.1. The highest BCUT2D eigenvalue weighted by atomic mass is 35.5. The molecule has 0 spiro atoms. The van der Waals surface area contributed by atoms with Crippen LogP contribution in [0.2, 0.25) is 15.1 Å². The van der Waals surface area contributed by atoms with Gasteiger partial charge in [0, 0.05) is 17.0 Å². The van der Waals surface area contributed by atoms with Crippen LogP contribution in [0.1, 0.15) is 26.3 Å². The van der Waals surface area contributed by atoms with Gasteiger partial charge in [-0.25, -0.2) is 4.79 Å². The molecule has 1 aromatic heterocycles. The van der Waals surface area contributed by atoms with E-state index in [1.807, 2.05) is 31.2 Å². The molecule has 0 fully saturated rings. The quantitative estimate of drug-likeness (QED) is 0.410. The third kappa shape index (κ3) is 4.21. The van der Waals surface area contributed by atoms with E-state index in [0.717, 1.165) is 22.5 Å². The molecule has 1 amide bonds. The maximum Gasteiger partial charge on any atom is 0.339 e. The van der Waals surface area contributed by atoms with Crippen molar-refractivity contribution in [2.24, 2.45) is 0 Å². The van der Waals surface area contributed by atoms with Gasteiger partial charge in [-0.3, -0.25) is 4.79 Å². The number of anilines is 1. The van der Waals surface area contributed by atoms with E-state index in [9.17, 15) is 14.7 Å². The van der Waals surface area contributed by atoms with Gasteiger partial charge in [0.1, 0.15) is 21.3 Å². The van der Waals surface area contributed by atoms with Gasteiger partial charge < -0.3 is 15.2 Å². The molecule has 0 unspecified atom stereocenters. The van der Waals surface area contributed by atoms with Crippen LogP contribution in [0.25, 0.3) is 11.1 Å². The molecule has 0 radical (unpaired) electrons. The fourth-order valence-electron chi connectivity index (χ4n) is 2.70. The number of thiophene rings is 1. The van der Waals surface area contributed by atoms with Crippen LogP contribution in [0.5, 0.6) is 5.75 Å². The molecule has 0 bridgehead atoms. The van der Waals surface area contributed by atoms with Crippen molar-refractivity contribution in [3.63, 3.8) is 0 Å². The Morgan fingerprint density at radius 1 is 1.07 bits per heavy atom. The third-order valence-electron chi connectivity index (χ3n) is 4.17. The molecule has 0 saturated carbocycles. The number of hydrogen-bond donors (Lipinski definition) is 2. The van der Waals surface area contributed by atoms with Gasteiger partial charge in [0.25, 0.3) is 5.91 Å². The van der Waals surface area contributed by atoms with Crippen LogP contribution >= 0.6 is 46.1 Å². The maximum atomic E-state index is 12.8. The topological polar surface area (TPSA) is 75.6 Å². The van der Waals surface area contributed by atoms with Crippen LogP contribution in [-0.2, 0) is 0 Å². The molecule has 2 aromatic carbocycles. The number of hydrogen-bond acceptors (Lipinski definition) is 4. The van der Waals surface area contributed by atoms with Gasteiger partial charge in [0.2, 0.25) is 0 Å². The lowest BCUT2D eigenvalue weighted by Crippen LogP contribution is -2.15. The van der Waals surface area contributed by atoms with Gasteiger partial charge >= 0.3 is 5.97 Å². The second kappa shape index (κ2) is 8.63. The van der Waals surface area contributed by atoms with Crippen molar-refractivity contribution in [2.75, 3.05) is 12.4 Å². The van der Waals surface area contributed by atoms with Crippen LogP contribution in [0, 0.1) is 6.92 Å². The minimum Gasteiger partial charge on any atom is -0.495 e. The Balaban J connectivity index is 2.01. The van der Waals surface area contributed by atoms with Crippen LogP contribution in [-0.4, -0.2) is 24.1 Å². The van der Waals surface area contributed by atoms with E-state index < -0.39 is 11.9 Å². The lowest BCUT2D eigenvalue weighted by atomic mass is 10.0. The highest BCUT2D eigenvalue weighted by Crippen LogP contribution is 2.41. The van der Waals surface area contributed by atoms with E-state index in [4.69, 9.17) is 39.5 Å². The predicted molar refractivity (Wildman–Crippen MR) is 117 cm³/mol. The molecular formula is C20H14Cl3NO4S. The average molecular weight is 471 g/mol. The average Bonchev–Trinajstić information content (AvgIpc) is 3.09. The molecule has 1 heterocycles. The SMILES string of the molecule is COc1cc(Cl)c(C(=O)Nc2scc(-c3ccc(C)cc3)c2C(=O)O)c(Cl)c1Cl. The monoisotopic (exact) mass is 469 g/mol. The maximum absolute atomic E-state index is 12.8. The van der Waals surface area contributed by atoms with Crippen molar-refractivity contribution < 1.29 is 19.4 Å². The summed E-state index contributed by atoms with van der Waals surface area (Å²) >= 11 is 19.6. The van der Waals surface area contributed by atoms with Crippen molar-refractivity contribution in [3.05, 3.63) is 67.5 Å². The first-order valence-electron chi connectivity index (χ1n) is 8.19. The van der Waals surface area contributed by atoms with Crippen LogP contribution in [0.4, 0.5) is 5.00 Å². The standard InChI is InChI=1S/C20H14Cl3NO4S/c1-9-3-5-10(6-4-9)11-8-29-19(14(11)20(26)27)24-18(25)15-12(21)7-13(28-2)16(22)17(15)23/h3-8H,1-2H3,(H,24,25)(H,26,27). The second-order valence-corrected chi connectivity index (χ2v) is 8.09. The predicted octanol–water partition coefficient (Wildman–Crippen LogP) is 6.64. The Morgan fingerprint density at radius 2 is 1.72 bits per heavy atom. The van der Waals surface area contributed by atoms with E-state index in [1.54, 1.807) is 5.38 Å². The second-order valence-electron chi connectivity index (χ2n) is 6.04. The lowest BCUT2D eigenvalue weighted by molar-refractivity contribution is 0.0699. The molecular weight excluding hydrogens is 457 g/mol. The normalized spacial score (nSPS) is 10.7. The number of carboxylic acids is 1. The van der Waals surface area contributed by atoms with Crippen LogP contribution in [0.15, 0.2) is 35.7 Å². The fourth-order valence-corrected chi connectivity index (χ4v) is 4.49. The zero-order valence-corrected chi connectivity index (χ0v) is 18.3. The lowest BCUT2D eigenvalue weighted by Gasteiger charge is -2.12. The molecule has 29 heavy (non-hydrogen) atoms. The summed E-state index contributed by atoms with van der Waals surface area (Å²) in [5.74, 6) is -1.62. The van der Waals surface area contributed by atoms with Crippen molar-refractivity contribution >= 4 is 63.0 Å². The summed E-state index contributed by atoms with van der Waals surface area (Å²) in [7, 11) is 1.39. The van der Waals surface area contributed by atoms with E-state index in [0.29, 0.717) is 5.56 Å². The number of ether oxygens (including phenoxy) is 1. The van der Waals surface area contributed by atoms with Gasteiger partial charge in [-0.15, -0.1) is 11.3 Å². The van der Waals surface area contributed by atoms with Crippen LogP contribution in [0.3, 0.4) is 0 Å². The van der Waals surface area contributed by atoms with E-state index in [-0.39, 0.29) is 36.9 Å². The summed E-state index contributed by atoms with van der Waals surface area (Å²) in [5.41, 5.74) is 2.20. The Labute approximate surface area is 185 Å². The molecule has 0 saturated heterocycles. The molecule has 0 aliphatic heterocycles. The fraction of sp³-hybridized carbons (Fsp3) is 0.100. The number of aryl methyl sites for hydroxylation is 1. The van der Waals surface area contributed by atoms with Gasteiger partial charge in [-0.1, -0.05) is 64.6 Å². The number of benzene rings is 2. The Morgan fingerprint density at radius 3 is 2.31 bits per heavy atom. The van der Waals surface area contributed by atoms with E-state index in [1.165, 1.54) is 13.2 Å². The highest BCUT2D eigenvalue weighted by molar-refractivity contribution is 7.15. The van der Waals surface area contributed by atoms with Crippen molar-refractivity contribution in [1.29, 1.82) is 0 Å². The number of halogens is 3. The molecule has 0 aliphatic rings. The molecule has 3 aromatic rings. The summed E-state index contributed by atoms with van der Waals surface area (Å²) in [6.45, 7) is 1.94. The van der Waals surface area contributed by atoms with Crippen LogP contribution < -0.4 is 10.1 Å². The Kier molecular flexibility index (Phi) is 6.39. The van der Waals surface area contributed by atoms with Crippen molar-refractivity contribution in [3.8, 4) is 16.9 Å². The molecule has 9 heteroatoms. The smallest absolute Gasteiger partial charge is 0.339 e. The molecule has 0 aliphatic carbocycles. The first-order chi connectivity index (χ1) is 13.7.